The maximum atomic E-state index is 10.0. The maximum absolute atomic E-state index is 10.0. The number of nitrogens with one attached hydrogen (secondary N) is 1. The van der Waals surface area contributed by atoms with Gasteiger partial charge in [0.15, 0.2) is 0 Å². The van der Waals surface area contributed by atoms with Crippen molar-refractivity contribution in [3.8, 4) is 5.75 Å². The van der Waals surface area contributed by atoms with Crippen molar-refractivity contribution < 1.29 is 22.6 Å². The summed E-state index contributed by atoms with van der Waals surface area (Å²) in [6, 6.07) is 11.9. The number of halogens is 3. The summed E-state index contributed by atoms with van der Waals surface area (Å²) in [5, 5.41) is 23.7. The van der Waals surface area contributed by atoms with E-state index in [9.17, 15) is 10.2 Å². The number of phenols is 1. The Kier molecular flexibility index (Phi) is 7.29. The van der Waals surface area contributed by atoms with E-state index in [1.165, 1.54) is 0 Å². The van der Waals surface area contributed by atoms with E-state index in [4.69, 9.17) is 23.2 Å². The van der Waals surface area contributed by atoms with Crippen LogP contribution in [0, 0.1) is 0 Å². The highest BCUT2D eigenvalue weighted by atomic mass is 35.5. The van der Waals surface area contributed by atoms with E-state index in [-0.39, 0.29) is 18.2 Å². The van der Waals surface area contributed by atoms with Crippen LogP contribution in [0.5, 0.6) is 5.75 Å². The van der Waals surface area contributed by atoms with Crippen molar-refractivity contribution in [1.82, 2.24) is 5.32 Å². The molecule has 0 aromatic heterocycles. The number of rotatable bonds is 5. The molecule has 3 N–H and O–H groups in total. The summed E-state index contributed by atoms with van der Waals surface area (Å²) < 4.78 is 0. The highest BCUT2D eigenvalue weighted by Crippen LogP contribution is 2.21. The molecular weight excluding hydrogens is 333 g/mol. The molecule has 21 heavy (non-hydrogen) atoms. The molecule has 2 rings (SSSR count). The third-order valence-electron chi connectivity index (χ3n) is 2.92. The van der Waals surface area contributed by atoms with Crippen LogP contribution in [0.25, 0.3) is 0 Å². The molecular formula is C15H15Cl3NO2-. The zero-order valence-corrected chi connectivity index (χ0v) is 13.3. The second kappa shape index (κ2) is 8.47. The zero-order chi connectivity index (χ0) is 14.5. The summed E-state index contributed by atoms with van der Waals surface area (Å²) in [6.07, 6.45) is -0.687. The topological polar surface area (TPSA) is 52.5 Å². The van der Waals surface area contributed by atoms with Crippen molar-refractivity contribution in [3.05, 3.63) is 63.6 Å². The van der Waals surface area contributed by atoms with Crippen LogP contribution < -0.4 is 17.7 Å². The van der Waals surface area contributed by atoms with Gasteiger partial charge in [0.25, 0.3) is 0 Å². The predicted octanol–water partition coefficient (Wildman–Crippen LogP) is 0.526. The Hall–Kier alpha value is -0.970. The van der Waals surface area contributed by atoms with Gasteiger partial charge in [0.2, 0.25) is 0 Å². The molecule has 0 aliphatic rings. The minimum atomic E-state index is -0.687. The van der Waals surface area contributed by atoms with Gasteiger partial charge >= 0.3 is 0 Å². The fraction of sp³-hybridized carbons (Fsp3) is 0.200. The first kappa shape index (κ1) is 18.1. The number of hydrogen-bond acceptors (Lipinski definition) is 3. The molecule has 2 aromatic rings. The van der Waals surface area contributed by atoms with Crippen molar-refractivity contribution in [2.24, 2.45) is 0 Å². The lowest BCUT2D eigenvalue weighted by molar-refractivity contribution is -0.00000653. The lowest BCUT2D eigenvalue weighted by Crippen LogP contribution is -3.00. The van der Waals surface area contributed by atoms with Gasteiger partial charge in [-0.1, -0.05) is 41.4 Å². The molecule has 3 nitrogen and oxygen atoms in total. The highest BCUT2D eigenvalue weighted by Gasteiger charge is 2.08. The van der Waals surface area contributed by atoms with Crippen LogP contribution in [0.1, 0.15) is 17.2 Å². The van der Waals surface area contributed by atoms with Gasteiger partial charge in [-0.05, 0) is 35.4 Å². The predicted molar refractivity (Wildman–Crippen MR) is 81.2 cm³/mol. The number of phenolic OH excluding ortho intramolecular Hbond substituents is 1. The number of aliphatic hydroxyl groups is 1. The zero-order valence-electron chi connectivity index (χ0n) is 11.1. The first-order chi connectivity index (χ1) is 9.56. The Morgan fingerprint density at radius 1 is 1.10 bits per heavy atom. The van der Waals surface area contributed by atoms with Gasteiger partial charge in [-0.25, -0.2) is 0 Å². The Morgan fingerprint density at radius 3 is 2.52 bits per heavy atom. The van der Waals surface area contributed by atoms with E-state index in [2.05, 4.69) is 5.32 Å². The molecule has 0 aliphatic heterocycles. The van der Waals surface area contributed by atoms with Gasteiger partial charge < -0.3 is 27.9 Å². The van der Waals surface area contributed by atoms with E-state index >= 15 is 0 Å². The van der Waals surface area contributed by atoms with Gasteiger partial charge in [0.1, 0.15) is 5.75 Å². The molecule has 6 heteroatoms. The van der Waals surface area contributed by atoms with E-state index < -0.39 is 6.10 Å². The maximum Gasteiger partial charge on any atom is 0.115 e. The highest BCUT2D eigenvalue weighted by molar-refractivity contribution is 6.35. The van der Waals surface area contributed by atoms with Crippen LogP contribution in [-0.2, 0) is 6.54 Å². The van der Waals surface area contributed by atoms with Crippen LogP contribution in [-0.4, -0.2) is 16.8 Å². The lowest BCUT2D eigenvalue weighted by atomic mass is 10.1. The van der Waals surface area contributed by atoms with Gasteiger partial charge in [0, 0.05) is 23.1 Å². The first-order valence-electron chi connectivity index (χ1n) is 6.18. The number of hydrogen-bond donors (Lipinski definition) is 3. The summed E-state index contributed by atoms with van der Waals surface area (Å²) in [4.78, 5) is 0. The SMILES string of the molecule is Oc1cccc(C(O)CNCc2ccc(Cl)cc2Cl)c1.[Cl-]. The summed E-state index contributed by atoms with van der Waals surface area (Å²) in [5.74, 6) is 0.141. The Balaban J connectivity index is 0.00000220. The molecule has 0 bridgehead atoms. The monoisotopic (exact) mass is 346 g/mol. The van der Waals surface area contributed by atoms with Crippen molar-refractivity contribution in [1.29, 1.82) is 0 Å². The van der Waals surface area contributed by atoms with Gasteiger partial charge in [0.05, 0.1) is 6.10 Å². The normalized spacial score (nSPS) is 11.8. The standard InChI is InChI=1S/C15H15Cl2NO2.ClH/c16-12-5-4-11(14(17)7-12)8-18-9-15(20)10-2-1-3-13(19)6-10;/h1-7,15,18-20H,8-9H2;1H/p-1. The van der Waals surface area contributed by atoms with E-state index in [0.717, 1.165) is 5.56 Å². The molecule has 1 atom stereocenters. The average molecular weight is 348 g/mol. The summed E-state index contributed by atoms with van der Waals surface area (Å²) in [6.45, 7) is 0.897. The van der Waals surface area contributed by atoms with Gasteiger partial charge in [-0.2, -0.15) is 0 Å². The Bertz CT molecular complexity index is 593. The van der Waals surface area contributed by atoms with Gasteiger partial charge in [-0.3, -0.25) is 0 Å². The third-order valence-corrected chi connectivity index (χ3v) is 3.51. The molecule has 0 amide bonds. The van der Waals surface area contributed by atoms with Crippen LogP contribution in [0.3, 0.4) is 0 Å². The molecule has 114 valence electrons. The van der Waals surface area contributed by atoms with E-state index in [0.29, 0.717) is 28.7 Å². The molecule has 0 heterocycles. The lowest BCUT2D eigenvalue weighted by Gasteiger charge is -2.13. The molecule has 1 unspecified atom stereocenters. The largest absolute Gasteiger partial charge is 1.00 e. The Morgan fingerprint density at radius 2 is 1.86 bits per heavy atom. The van der Waals surface area contributed by atoms with Gasteiger partial charge in [-0.15, -0.1) is 0 Å². The number of aromatic hydroxyl groups is 1. The number of aliphatic hydroxyl groups excluding tert-OH is 1. The van der Waals surface area contributed by atoms with Crippen molar-refractivity contribution >= 4 is 23.2 Å². The second-order valence-electron chi connectivity index (χ2n) is 4.48. The van der Waals surface area contributed by atoms with Crippen molar-refractivity contribution in [2.45, 2.75) is 12.6 Å². The number of benzene rings is 2. The fourth-order valence-corrected chi connectivity index (χ4v) is 2.33. The van der Waals surface area contributed by atoms with Crippen LogP contribution in [0.15, 0.2) is 42.5 Å². The summed E-state index contributed by atoms with van der Waals surface area (Å²) in [7, 11) is 0. The smallest absolute Gasteiger partial charge is 0.115 e. The van der Waals surface area contributed by atoms with E-state index in [1.807, 2.05) is 6.07 Å². The molecule has 2 aromatic carbocycles. The van der Waals surface area contributed by atoms with Crippen LogP contribution >= 0.6 is 23.2 Å². The first-order valence-corrected chi connectivity index (χ1v) is 6.93. The van der Waals surface area contributed by atoms with Crippen LogP contribution in [0.4, 0.5) is 0 Å². The second-order valence-corrected chi connectivity index (χ2v) is 5.32. The Labute approximate surface area is 139 Å². The summed E-state index contributed by atoms with van der Waals surface area (Å²) in [5.41, 5.74) is 1.58. The molecule has 0 fully saturated rings. The van der Waals surface area contributed by atoms with Crippen molar-refractivity contribution in [2.75, 3.05) is 6.54 Å². The van der Waals surface area contributed by atoms with Crippen molar-refractivity contribution in [3.63, 3.8) is 0 Å². The minimum absolute atomic E-state index is 0. The molecule has 0 saturated carbocycles. The van der Waals surface area contributed by atoms with E-state index in [1.54, 1.807) is 36.4 Å². The quantitative estimate of drug-likeness (QED) is 0.739. The molecule has 0 saturated heterocycles. The van der Waals surface area contributed by atoms with Crippen LogP contribution in [0.2, 0.25) is 10.0 Å². The molecule has 0 aliphatic carbocycles. The third kappa shape index (κ3) is 5.38. The molecule has 0 spiro atoms. The fourth-order valence-electron chi connectivity index (χ4n) is 1.86. The molecule has 0 radical (unpaired) electrons. The summed E-state index contributed by atoms with van der Waals surface area (Å²) >= 11 is 11.9. The minimum Gasteiger partial charge on any atom is -1.00 e. The average Bonchev–Trinajstić information content (AvgIpc) is 2.41.